The van der Waals surface area contributed by atoms with Crippen LogP contribution in [0.2, 0.25) is 5.02 Å². The van der Waals surface area contributed by atoms with Crippen LogP contribution in [0.4, 0.5) is 0 Å². The van der Waals surface area contributed by atoms with Gasteiger partial charge in [-0.3, -0.25) is 9.69 Å². The third-order valence-electron chi connectivity index (χ3n) is 4.01. The van der Waals surface area contributed by atoms with Crippen LogP contribution in [0.3, 0.4) is 0 Å². The summed E-state index contributed by atoms with van der Waals surface area (Å²) < 4.78 is 0. The molecule has 2 aromatic rings. The third-order valence-corrected chi connectivity index (χ3v) is 4.24. The number of benzene rings is 1. The van der Waals surface area contributed by atoms with E-state index in [1.54, 1.807) is 18.2 Å². The molecule has 0 bridgehead atoms. The van der Waals surface area contributed by atoms with Gasteiger partial charge in [-0.15, -0.1) is 0 Å². The Kier molecular flexibility index (Phi) is 4.24. The molecular formula is C15H19ClN4O. The normalized spacial score (nSPS) is 19.4. The highest BCUT2D eigenvalue weighted by atomic mass is 35.5. The lowest BCUT2D eigenvalue weighted by molar-refractivity contribution is 0.236. The number of halogens is 1. The average molecular weight is 307 g/mol. The highest BCUT2D eigenvalue weighted by Crippen LogP contribution is 2.19. The highest BCUT2D eigenvalue weighted by molar-refractivity contribution is 6.31. The van der Waals surface area contributed by atoms with E-state index < -0.39 is 0 Å². The summed E-state index contributed by atoms with van der Waals surface area (Å²) in [6, 6.07) is 5.73. The van der Waals surface area contributed by atoms with Crippen molar-refractivity contribution in [1.82, 2.24) is 20.2 Å². The number of hydrogen-bond acceptors (Lipinski definition) is 4. The minimum atomic E-state index is -0.123. The van der Waals surface area contributed by atoms with Crippen molar-refractivity contribution in [2.75, 3.05) is 20.1 Å². The van der Waals surface area contributed by atoms with Gasteiger partial charge in [0.05, 0.1) is 17.4 Å². The van der Waals surface area contributed by atoms with Crippen molar-refractivity contribution in [1.29, 1.82) is 0 Å². The Morgan fingerprint density at radius 2 is 2.38 bits per heavy atom. The van der Waals surface area contributed by atoms with Crippen LogP contribution in [0.5, 0.6) is 0 Å². The van der Waals surface area contributed by atoms with E-state index in [9.17, 15) is 4.79 Å². The number of nitrogens with one attached hydrogen (secondary N) is 2. The molecule has 2 heterocycles. The molecule has 112 valence electrons. The predicted molar refractivity (Wildman–Crippen MR) is 84.7 cm³/mol. The van der Waals surface area contributed by atoms with Crippen molar-refractivity contribution in [3.8, 4) is 0 Å². The minimum absolute atomic E-state index is 0.123. The van der Waals surface area contributed by atoms with Gasteiger partial charge >= 0.3 is 0 Å². The van der Waals surface area contributed by atoms with Crippen molar-refractivity contribution < 1.29 is 0 Å². The van der Waals surface area contributed by atoms with E-state index in [-0.39, 0.29) is 5.56 Å². The van der Waals surface area contributed by atoms with Crippen LogP contribution in [0.1, 0.15) is 18.7 Å². The standard InChI is InChI=1S/C15H19ClN4O/c1-17-8-11-3-2-6-20(11)9-14-18-13-5-4-10(16)7-12(13)15(21)19-14/h4-5,7,11,17H,2-3,6,8-9H2,1H3,(H,18,19,21). The van der Waals surface area contributed by atoms with Crippen LogP contribution in [0.25, 0.3) is 10.9 Å². The van der Waals surface area contributed by atoms with Gasteiger partial charge in [-0.05, 0) is 44.6 Å². The maximum absolute atomic E-state index is 12.1. The van der Waals surface area contributed by atoms with Crippen LogP contribution in [-0.2, 0) is 6.54 Å². The highest BCUT2D eigenvalue weighted by Gasteiger charge is 2.24. The summed E-state index contributed by atoms with van der Waals surface area (Å²) in [7, 11) is 1.97. The van der Waals surface area contributed by atoms with Crippen LogP contribution < -0.4 is 10.9 Å². The molecule has 0 radical (unpaired) electrons. The fourth-order valence-corrected chi connectivity index (χ4v) is 3.17. The van der Waals surface area contributed by atoms with Gasteiger partial charge in [0.15, 0.2) is 0 Å². The molecule has 3 rings (SSSR count). The van der Waals surface area contributed by atoms with Gasteiger partial charge in [0.1, 0.15) is 5.82 Å². The van der Waals surface area contributed by atoms with E-state index in [2.05, 4.69) is 20.2 Å². The van der Waals surface area contributed by atoms with Crippen molar-refractivity contribution in [3.63, 3.8) is 0 Å². The van der Waals surface area contributed by atoms with E-state index in [4.69, 9.17) is 11.6 Å². The molecule has 0 amide bonds. The van der Waals surface area contributed by atoms with Crippen molar-refractivity contribution in [2.45, 2.75) is 25.4 Å². The number of nitrogens with zero attached hydrogens (tertiary/aromatic N) is 2. The van der Waals surface area contributed by atoms with Gasteiger partial charge in [0.2, 0.25) is 0 Å². The molecule has 0 saturated carbocycles. The van der Waals surface area contributed by atoms with E-state index >= 15 is 0 Å². The third kappa shape index (κ3) is 3.10. The number of likely N-dealkylation sites (tertiary alicyclic amines) is 1. The first-order valence-electron chi connectivity index (χ1n) is 7.24. The molecular weight excluding hydrogens is 288 g/mol. The average Bonchev–Trinajstić information content (AvgIpc) is 2.88. The fourth-order valence-electron chi connectivity index (χ4n) is 3.00. The Morgan fingerprint density at radius 1 is 1.52 bits per heavy atom. The Balaban J connectivity index is 1.87. The molecule has 0 spiro atoms. The molecule has 1 aliphatic heterocycles. The summed E-state index contributed by atoms with van der Waals surface area (Å²) in [4.78, 5) is 22.0. The van der Waals surface area contributed by atoms with Gasteiger partial charge in [-0.1, -0.05) is 11.6 Å². The topological polar surface area (TPSA) is 61.0 Å². The Morgan fingerprint density at radius 3 is 3.19 bits per heavy atom. The summed E-state index contributed by atoms with van der Waals surface area (Å²) in [5.41, 5.74) is 0.573. The maximum Gasteiger partial charge on any atom is 0.258 e. The smallest absolute Gasteiger partial charge is 0.258 e. The first kappa shape index (κ1) is 14.5. The molecule has 2 N–H and O–H groups in total. The number of rotatable bonds is 4. The lowest BCUT2D eigenvalue weighted by Crippen LogP contribution is -2.37. The van der Waals surface area contributed by atoms with Crippen LogP contribution in [0, 0.1) is 0 Å². The first-order chi connectivity index (χ1) is 10.2. The Labute approximate surface area is 128 Å². The van der Waals surface area contributed by atoms with E-state index in [0.29, 0.717) is 28.5 Å². The van der Waals surface area contributed by atoms with Crippen molar-refractivity contribution >= 4 is 22.5 Å². The minimum Gasteiger partial charge on any atom is -0.318 e. The summed E-state index contributed by atoms with van der Waals surface area (Å²) in [6.45, 7) is 2.70. The molecule has 1 aromatic carbocycles. The number of aromatic nitrogens is 2. The van der Waals surface area contributed by atoms with Crippen molar-refractivity contribution in [3.05, 3.63) is 39.4 Å². The van der Waals surface area contributed by atoms with Gasteiger partial charge in [0, 0.05) is 17.6 Å². The molecule has 6 heteroatoms. The van der Waals surface area contributed by atoms with Crippen LogP contribution in [-0.4, -0.2) is 41.0 Å². The molecule has 21 heavy (non-hydrogen) atoms. The predicted octanol–water partition coefficient (Wildman–Crippen LogP) is 1.76. The lowest BCUT2D eigenvalue weighted by atomic mass is 10.2. The second kappa shape index (κ2) is 6.13. The van der Waals surface area contributed by atoms with Crippen LogP contribution in [0.15, 0.2) is 23.0 Å². The molecule has 0 aliphatic carbocycles. The fraction of sp³-hybridized carbons (Fsp3) is 0.467. The molecule has 1 saturated heterocycles. The summed E-state index contributed by atoms with van der Waals surface area (Å²) in [5, 5.41) is 4.32. The van der Waals surface area contributed by atoms with Crippen LogP contribution >= 0.6 is 11.6 Å². The monoisotopic (exact) mass is 306 g/mol. The Hall–Kier alpha value is -1.43. The molecule has 1 aliphatic rings. The first-order valence-corrected chi connectivity index (χ1v) is 7.62. The number of H-pyrrole nitrogens is 1. The molecule has 1 fully saturated rings. The van der Waals surface area contributed by atoms with E-state index in [0.717, 1.165) is 18.9 Å². The zero-order valence-corrected chi connectivity index (χ0v) is 12.8. The zero-order chi connectivity index (χ0) is 14.8. The maximum atomic E-state index is 12.1. The summed E-state index contributed by atoms with van der Waals surface area (Å²) in [5.74, 6) is 0.720. The summed E-state index contributed by atoms with van der Waals surface area (Å²) >= 11 is 5.93. The van der Waals surface area contributed by atoms with Gasteiger partial charge in [0.25, 0.3) is 5.56 Å². The zero-order valence-electron chi connectivity index (χ0n) is 12.0. The van der Waals surface area contributed by atoms with Gasteiger partial charge in [-0.2, -0.15) is 0 Å². The SMILES string of the molecule is CNCC1CCCN1Cc1nc2ccc(Cl)cc2c(=O)[nH]1. The molecule has 5 nitrogen and oxygen atoms in total. The van der Waals surface area contributed by atoms with E-state index in [1.165, 1.54) is 12.8 Å². The largest absolute Gasteiger partial charge is 0.318 e. The number of likely N-dealkylation sites (N-methyl/N-ethyl adjacent to an activating group) is 1. The lowest BCUT2D eigenvalue weighted by Gasteiger charge is -2.23. The van der Waals surface area contributed by atoms with Crippen molar-refractivity contribution in [2.24, 2.45) is 0 Å². The number of fused-ring (bicyclic) bond motifs is 1. The second-order valence-corrected chi connectivity index (χ2v) is 5.93. The Bertz CT molecular complexity index is 700. The second-order valence-electron chi connectivity index (χ2n) is 5.50. The van der Waals surface area contributed by atoms with E-state index in [1.807, 2.05) is 7.05 Å². The number of hydrogen-bond donors (Lipinski definition) is 2. The molecule has 1 aromatic heterocycles. The summed E-state index contributed by atoms with van der Waals surface area (Å²) in [6.07, 6.45) is 2.38. The molecule has 1 atom stereocenters. The molecule has 1 unspecified atom stereocenters. The van der Waals surface area contributed by atoms with Gasteiger partial charge < -0.3 is 10.3 Å². The quantitative estimate of drug-likeness (QED) is 0.903. The van der Waals surface area contributed by atoms with Gasteiger partial charge in [-0.25, -0.2) is 4.98 Å². The number of aromatic amines is 1.